The van der Waals surface area contributed by atoms with E-state index in [0.717, 1.165) is 23.2 Å². The lowest BCUT2D eigenvalue weighted by molar-refractivity contribution is 0.0695. The van der Waals surface area contributed by atoms with Gasteiger partial charge >= 0.3 is 5.97 Å². The minimum atomic E-state index is -3.96. The fraction of sp³-hybridized carbons (Fsp3) is 0.429. The number of nitrogens with zero attached hydrogens (tertiary/aromatic N) is 1. The van der Waals surface area contributed by atoms with Gasteiger partial charge in [-0.25, -0.2) is 17.5 Å². The zero-order chi connectivity index (χ0) is 15.8. The summed E-state index contributed by atoms with van der Waals surface area (Å²) in [7, 11) is -3.96. The Kier molecular flexibility index (Phi) is 4.04. The third-order valence-corrected chi connectivity index (χ3v) is 5.51. The first-order valence-electron chi connectivity index (χ1n) is 6.76. The number of sulfonamides is 1. The molecule has 1 atom stereocenters. The van der Waals surface area contributed by atoms with Gasteiger partial charge in [-0.05, 0) is 31.5 Å². The number of carbonyl (C=O) groups is 2. The first-order valence-corrected chi connectivity index (χ1v) is 8.20. The zero-order valence-electron chi connectivity index (χ0n) is 11.9. The van der Waals surface area contributed by atoms with Gasteiger partial charge in [0.1, 0.15) is 4.90 Å². The highest BCUT2D eigenvalue weighted by Gasteiger charge is 2.43. The second-order valence-electron chi connectivity index (χ2n) is 5.11. The van der Waals surface area contributed by atoms with Gasteiger partial charge in [0.25, 0.3) is 15.9 Å². The van der Waals surface area contributed by atoms with Gasteiger partial charge in [-0.15, -0.1) is 0 Å². The fourth-order valence-corrected chi connectivity index (χ4v) is 4.25. The van der Waals surface area contributed by atoms with E-state index in [1.807, 2.05) is 6.92 Å². The molecule has 0 aromatic heterocycles. The highest BCUT2D eigenvalue weighted by atomic mass is 32.2. The Balaban J connectivity index is 2.47. The molecule has 0 radical (unpaired) electrons. The van der Waals surface area contributed by atoms with E-state index in [2.05, 4.69) is 0 Å². The number of amides is 1. The number of fused-ring (bicyclic) bond motifs is 1. The van der Waals surface area contributed by atoms with E-state index >= 15 is 0 Å². The maximum Gasteiger partial charge on any atom is 0.335 e. The van der Waals surface area contributed by atoms with Crippen molar-refractivity contribution in [3.63, 3.8) is 0 Å². The van der Waals surface area contributed by atoms with Crippen molar-refractivity contribution < 1.29 is 23.1 Å². The Labute approximate surface area is 123 Å². The number of carboxylic acid groups (broad SMARTS) is 1. The topological polar surface area (TPSA) is 91.8 Å². The van der Waals surface area contributed by atoms with Crippen molar-refractivity contribution in [3.8, 4) is 0 Å². The molecule has 0 aliphatic carbocycles. The normalized spacial score (nSPS) is 17.6. The maximum absolute atomic E-state index is 12.5. The van der Waals surface area contributed by atoms with E-state index in [1.54, 1.807) is 6.92 Å². The predicted octanol–water partition coefficient (Wildman–Crippen LogP) is 2.11. The molecule has 21 heavy (non-hydrogen) atoms. The molecule has 2 rings (SSSR count). The smallest absolute Gasteiger partial charge is 0.335 e. The van der Waals surface area contributed by atoms with Crippen LogP contribution in [-0.4, -0.2) is 35.7 Å². The second kappa shape index (κ2) is 5.48. The van der Waals surface area contributed by atoms with Crippen molar-refractivity contribution in [2.75, 3.05) is 0 Å². The molecule has 1 amide bonds. The minimum absolute atomic E-state index is 0.0448. The number of carboxylic acids is 1. The summed E-state index contributed by atoms with van der Waals surface area (Å²) >= 11 is 0. The van der Waals surface area contributed by atoms with Crippen molar-refractivity contribution in [2.45, 2.75) is 44.0 Å². The van der Waals surface area contributed by atoms with Gasteiger partial charge in [0.05, 0.1) is 11.1 Å². The maximum atomic E-state index is 12.5. The van der Waals surface area contributed by atoms with Gasteiger partial charge in [0.2, 0.25) is 0 Å². The fourth-order valence-electron chi connectivity index (χ4n) is 2.43. The van der Waals surface area contributed by atoms with Gasteiger partial charge in [-0.1, -0.05) is 19.8 Å². The molecule has 114 valence electrons. The number of carbonyl (C=O) groups excluding carboxylic acids is 1. The molecule has 0 fully saturated rings. The lowest BCUT2D eigenvalue weighted by Crippen LogP contribution is -2.38. The highest BCUT2D eigenvalue weighted by Crippen LogP contribution is 2.33. The van der Waals surface area contributed by atoms with Crippen LogP contribution in [-0.2, 0) is 10.0 Å². The molecule has 0 saturated carbocycles. The number of hydrogen-bond donors (Lipinski definition) is 1. The molecule has 0 saturated heterocycles. The van der Waals surface area contributed by atoms with Crippen LogP contribution in [0, 0.1) is 0 Å². The van der Waals surface area contributed by atoms with Crippen molar-refractivity contribution in [1.82, 2.24) is 4.31 Å². The van der Waals surface area contributed by atoms with E-state index in [0.29, 0.717) is 6.42 Å². The quantitative estimate of drug-likeness (QED) is 0.899. The van der Waals surface area contributed by atoms with Crippen LogP contribution in [0.3, 0.4) is 0 Å². The first-order chi connectivity index (χ1) is 9.80. The minimum Gasteiger partial charge on any atom is -0.478 e. The van der Waals surface area contributed by atoms with E-state index < -0.39 is 27.9 Å². The van der Waals surface area contributed by atoms with Gasteiger partial charge in [-0.3, -0.25) is 4.79 Å². The molecule has 1 aliphatic heterocycles. The van der Waals surface area contributed by atoms with E-state index in [1.165, 1.54) is 12.1 Å². The lowest BCUT2D eigenvalue weighted by atomic mass is 10.1. The molecule has 1 aromatic rings. The predicted molar refractivity (Wildman–Crippen MR) is 75.7 cm³/mol. The van der Waals surface area contributed by atoms with Crippen LogP contribution in [0.15, 0.2) is 23.1 Å². The summed E-state index contributed by atoms with van der Waals surface area (Å²) in [6.45, 7) is 3.68. The lowest BCUT2D eigenvalue weighted by Gasteiger charge is -2.22. The van der Waals surface area contributed by atoms with Gasteiger partial charge in [0, 0.05) is 6.04 Å². The van der Waals surface area contributed by atoms with Crippen molar-refractivity contribution >= 4 is 21.9 Å². The van der Waals surface area contributed by atoms with Crippen molar-refractivity contribution in [3.05, 3.63) is 29.3 Å². The monoisotopic (exact) mass is 311 g/mol. The summed E-state index contributed by atoms with van der Waals surface area (Å²) < 4.78 is 25.8. The molecule has 1 heterocycles. The summed E-state index contributed by atoms with van der Waals surface area (Å²) in [6.07, 6.45) is 2.31. The molecule has 0 bridgehead atoms. The van der Waals surface area contributed by atoms with Gasteiger partial charge in [0.15, 0.2) is 0 Å². The van der Waals surface area contributed by atoms with Crippen LogP contribution in [0.5, 0.6) is 0 Å². The van der Waals surface area contributed by atoms with Crippen LogP contribution in [0.4, 0.5) is 0 Å². The molecule has 1 N–H and O–H groups in total. The highest BCUT2D eigenvalue weighted by molar-refractivity contribution is 7.90. The SMILES string of the molecule is CCCCC(C)N1C(=O)c2ccc(C(=O)O)cc2S1(=O)=O. The Morgan fingerprint density at radius 2 is 2.05 bits per heavy atom. The third kappa shape index (κ3) is 2.53. The summed E-state index contributed by atoms with van der Waals surface area (Å²) in [6, 6.07) is 3.13. The number of aromatic carboxylic acids is 1. The largest absolute Gasteiger partial charge is 0.478 e. The molecule has 1 unspecified atom stereocenters. The average molecular weight is 311 g/mol. The zero-order valence-corrected chi connectivity index (χ0v) is 12.7. The number of rotatable bonds is 5. The van der Waals surface area contributed by atoms with Crippen LogP contribution < -0.4 is 0 Å². The molecule has 6 nitrogen and oxygen atoms in total. The van der Waals surface area contributed by atoms with E-state index in [-0.39, 0.29) is 16.0 Å². The number of unbranched alkanes of at least 4 members (excludes halogenated alkanes) is 1. The molecule has 1 aromatic carbocycles. The Bertz CT molecular complexity index is 695. The molecular formula is C14H17NO5S. The van der Waals surface area contributed by atoms with Crippen molar-refractivity contribution in [1.29, 1.82) is 0 Å². The standard InChI is InChI=1S/C14H17NO5S/c1-3-4-5-9(2)15-13(16)11-7-6-10(14(17)18)8-12(11)21(15,19)20/h6-9H,3-5H2,1-2H3,(H,17,18). The number of benzene rings is 1. The summed E-state index contributed by atoms with van der Waals surface area (Å²) in [5.41, 5.74) is -0.100. The summed E-state index contributed by atoms with van der Waals surface area (Å²) in [5.74, 6) is -1.80. The molecule has 7 heteroatoms. The molecular weight excluding hydrogens is 294 g/mol. The Morgan fingerprint density at radius 1 is 1.38 bits per heavy atom. The molecule has 0 spiro atoms. The van der Waals surface area contributed by atoms with Crippen LogP contribution in [0.25, 0.3) is 0 Å². The van der Waals surface area contributed by atoms with Crippen LogP contribution >= 0.6 is 0 Å². The summed E-state index contributed by atoms with van der Waals surface area (Å²) in [5, 5.41) is 8.95. The van der Waals surface area contributed by atoms with E-state index in [4.69, 9.17) is 5.11 Å². The summed E-state index contributed by atoms with van der Waals surface area (Å²) in [4.78, 5) is 23.0. The Morgan fingerprint density at radius 3 is 2.62 bits per heavy atom. The van der Waals surface area contributed by atoms with Crippen LogP contribution in [0.2, 0.25) is 0 Å². The average Bonchev–Trinajstić information content (AvgIpc) is 2.63. The van der Waals surface area contributed by atoms with Crippen LogP contribution in [0.1, 0.15) is 53.8 Å². The van der Waals surface area contributed by atoms with E-state index in [9.17, 15) is 18.0 Å². The second-order valence-corrected chi connectivity index (χ2v) is 6.90. The first kappa shape index (κ1) is 15.5. The number of hydrogen-bond acceptors (Lipinski definition) is 4. The molecule has 1 aliphatic rings. The Hall–Kier alpha value is -1.89. The van der Waals surface area contributed by atoms with Gasteiger partial charge in [-0.2, -0.15) is 0 Å². The third-order valence-electron chi connectivity index (χ3n) is 3.57. The van der Waals surface area contributed by atoms with Gasteiger partial charge < -0.3 is 5.11 Å². The van der Waals surface area contributed by atoms with Crippen molar-refractivity contribution in [2.24, 2.45) is 0 Å².